The van der Waals surface area contributed by atoms with Crippen LogP contribution in [0.1, 0.15) is 6.92 Å². The zero-order valence-corrected chi connectivity index (χ0v) is 7.51. The summed E-state index contributed by atoms with van der Waals surface area (Å²) in [6.45, 7) is 3.72. The molecule has 1 aliphatic heterocycles. The summed E-state index contributed by atoms with van der Waals surface area (Å²) in [6, 6.07) is 0.0607. The summed E-state index contributed by atoms with van der Waals surface area (Å²) < 4.78 is 5.02. The molecule has 0 radical (unpaired) electrons. The van der Waals surface area contributed by atoms with Crippen LogP contribution in [0.15, 0.2) is 0 Å². The minimum absolute atomic E-state index is 0.0607. The van der Waals surface area contributed by atoms with Gasteiger partial charge >= 0.3 is 0 Å². The van der Waals surface area contributed by atoms with E-state index in [9.17, 15) is 0 Å². The second kappa shape index (κ2) is 4.30. The smallest absolute Gasteiger partial charge is 0.0608 e. The van der Waals surface area contributed by atoms with Crippen molar-refractivity contribution < 1.29 is 9.84 Å². The van der Waals surface area contributed by atoms with Crippen molar-refractivity contribution in [3.63, 3.8) is 0 Å². The van der Waals surface area contributed by atoms with Gasteiger partial charge in [-0.25, -0.2) is 0 Å². The molecule has 2 atom stereocenters. The standard InChI is InChI=1S/C7H15NO2S/c1-5(8)7(2-9)11-6-3-10-4-6/h5-7,9H,2-4,8H2,1H3. The number of aliphatic hydroxyl groups excluding tert-OH is 1. The van der Waals surface area contributed by atoms with Crippen molar-refractivity contribution in [3.05, 3.63) is 0 Å². The van der Waals surface area contributed by atoms with Crippen molar-refractivity contribution in [2.45, 2.75) is 23.5 Å². The summed E-state index contributed by atoms with van der Waals surface area (Å²) in [6.07, 6.45) is 0. The highest BCUT2D eigenvalue weighted by molar-refractivity contribution is 8.00. The van der Waals surface area contributed by atoms with Crippen LogP contribution in [0, 0.1) is 0 Å². The van der Waals surface area contributed by atoms with Gasteiger partial charge in [-0.15, -0.1) is 11.8 Å². The summed E-state index contributed by atoms with van der Waals surface area (Å²) in [7, 11) is 0. The van der Waals surface area contributed by atoms with E-state index < -0.39 is 0 Å². The van der Waals surface area contributed by atoms with Gasteiger partial charge in [0.05, 0.1) is 25.1 Å². The molecule has 1 aliphatic rings. The first-order valence-corrected chi connectivity index (χ1v) is 4.78. The van der Waals surface area contributed by atoms with Gasteiger partial charge in [0, 0.05) is 11.3 Å². The van der Waals surface area contributed by atoms with Gasteiger partial charge in [0.25, 0.3) is 0 Å². The van der Waals surface area contributed by atoms with E-state index in [1.807, 2.05) is 6.92 Å². The van der Waals surface area contributed by atoms with Crippen molar-refractivity contribution in [1.29, 1.82) is 0 Å². The lowest BCUT2D eigenvalue weighted by atomic mass is 10.3. The molecule has 3 nitrogen and oxygen atoms in total. The Morgan fingerprint density at radius 3 is 2.64 bits per heavy atom. The Bertz CT molecular complexity index is 117. The second-order valence-electron chi connectivity index (χ2n) is 2.88. The molecule has 0 spiro atoms. The maximum absolute atomic E-state index is 8.92. The topological polar surface area (TPSA) is 55.5 Å². The van der Waals surface area contributed by atoms with E-state index in [-0.39, 0.29) is 17.9 Å². The van der Waals surface area contributed by atoms with E-state index in [1.165, 1.54) is 0 Å². The number of nitrogens with two attached hydrogens (primary N) is 1. The van der Waals surface area contributed by atoms with Crippen LogP contribution in [0.25, 0.3) is 0 Å². The molecule has 11 heavy (non-hydrogen) atoms. The highest BCUT2D eigenvalue weighted by Gasteiger charge is 2.24. The molecule has 1 heterocycles. The monoisotopic (exact) mass is 177 g/mol. The third-order valence-electron chi connectivity index (χ3n) is 1.74. The highest BCUT2D eigenvalue weighted by atomic mass is 32.2. The van der Waals surface area contributed by atoms with Crippen LogP contribution >= 0.6 is 11.8 Å². The maximum Gasteiger partial charge on any atom is 0.0608 e. The summed E-state index contributed by atoms with van der Waals surface area (Å²) in [5, 5.41) is 9.65. The molecule has 4 heteroatoms. The predicted molar refractivity (Wildman–Crippen MR) is 46.7 cm³/mol. The zero-order valence-electron chi connectivity index (χ0n) is 6.69. The van der Waals surface area contributed by atoms with Crippen molar-refractivity contribution >= 4 is 11.8 Å². The van der Waals surface area contributed by atoms with Gasteiger partial charge in [-0.05, 0) is 6.92 Å². The average molecular weight is 177 g/mol. The molecule has 2 unspecified atom stereocenters. The Balaban J connectivity index is 2.19. The van der Waals surface area contributed by atoms with Gasteiger partial charge in [-0.2, -0.15) is 0 Å². The largest absolute Gasteiger partial charge is 0.395 e. The van der Waals surface area contributed by atoms with Crippen LogP contribution in [-0.4, -0.2) is 41.5 Å². The molecular formula is C7H15NO2S. The van der Waals surface area contributed by atoms with Crippen LogP contribution in [0.2, 0.25) is 0 Å². The van der Waals surface area contributed by atoms with Crippen LogP contribution < -0.4 is 5.73 Å². The Morgan fingerprint density at radius 1 is 1.73 bits per heavy atom. The molecule has 0 aliphatic carbocycles. The van der Waals surface area contributed by atoms with Crippen molar-refractivity contribution in [3.8, 4) is 0 Å². The number of rotatable bonds is 4. The molecule has 1 rings (SSSR count). The van der Waals surface area contributed by atoms with E-state index in [0.29, 0.717) is 5.25 Å². The summed E-state index contributed by atoms with van der Waals surface area (Å²) >= 11 is 1.74. The fraction of sp³-hybridized carbons (Fsp3) is 1.00. The highest BCUT2D eigenvalue weighted by Crippen LogP contribution is 2.24. The molecule has 0 aromatic carbocycles. The molecule has 0 aromatic rings. The first-order chi connectivity index (χ1) is 5.24. The molecule has 1 fully saturated rings. The normalized spacial score (nSPS) is 24.3. The Hall–Kier alpha value is 0.230. The lowest BCUT2D eigenvalue weighted by Crippen LogP contribution is -2.39. The van der Waals surface area contributed by atoms with Crippen LogP contribution in [0.4, 0.5) is 0 Å². The van der Waals surface area contributed by atoms with E-state index in [2.05, 4.69) is 0 Å². The fourth-order valence-corrected chi connectivity index (χ4v) is 2.05. The second-order valence-corrected chi connectivity index (χ2v) is 4.42. The number of hydrogen-bond acceptors (Lipinski definition) is 4. The van der Waals surface area contributed by atoms with Crippen molar-refractivity contribution in [2.75, 3.05) is 19.8 Å². The SMILES string of the molecule is CC(N)C(CO)SC1COC1. The molecular weight excluding hydrogens is 162 g/mol. The quantitative estimate of drug-likeness (QED) is 0.626. The molecule has 0 saturated carbocycles. The third kappa shape index (κ3) is 2.63. The average Bonchev–Trinajstić information content (AvgIpc) is 1.85. The van der Waals surface area contributed by atoms with E-state index >= 15 is 0 Å². The van der Waals surface area contributed by atoms with Crippen LogP contribution in [-0.2, 0) is 4.74 Å². The first-order valence-electron chi connectivity index (χ1n) is 3.83. The van der Waals surface area contributed by atoms with E-state index in [0.717, 1.165) is 13.2 Å². The lowest BCUT2D eigenvalue weighted by Gasteiger charge is -2.30. The Kier molecular flexibility index (Phi) is 3.65. The van der Waals surface area contributed by atoms with Gasteiger partial charge in [0.2, 0.25) is 0 Å². The molecule has 0 aromatic heterocycles. The van der Waals surface area contributed by atoms with Crippen LogP contribution in [0.3, 0.4) is 0 Å². The van der Waals surface area contributed by atoms with Gasteiger partial charge in [-0.1, -0.05) is 0 Å². The van der Waals surface area contributed by atoms with Gasteiger partial charge in [0.15, 0.2) is 0 Å². The van der Waals surface area contributed by atoms with Crippen molar-refractivity contribution in [2.24, 2.45) is 5.73 Å². The molecule has 1 saturated heterocycles. The molecule has 0 bridgehead atoms. The number of aliphatic hydroxyl groups is 1. The first kappa shape index (κ1) is 9.32. The van der Waals surface area contributed by atoms with Crippen LogP contribution in [0.5, 0.6) is 0 Å². The number of thioether (sulfide) groups is 1. The van der Waals surface area contributed by atoms with Crippen molar-refractivity contribution in [1.82, 2.24) is 0 Å². The van der Waals surface area contributed by atoms with E-state index in [4.69, 9.17) is 15.6 Å². The zero-order chi connectivity index (χ0) is 8.27. The Labute approximate surface area is 71.3 Å². The minimum atomic E-state index is 0.0607. The van der Waals surface area contributed by atoms with Gasteiger partial charge in [0.1, 0.15) is 0 Å². The van der Waals surface area contributed by atoms with Gasteiger partial charge in [-0.3, -0.25) is 0 Å². The molecule has 66 valence electrons. The van der Waals surface area contributed by atoms with Gasteiger partial charge < -0.3 is 15.6 Å². The lowest BCUT2D eigenvalue weighted by molar-refractivity contribution is 0.0450. The Morgan fingerprint density at radius 2 is 2.36 bits per heavy atom. The minimum Gasteiger partial charge on any atom is -0.395 e. The summed E-state index contributed by atoms with van der Waals surface area (Å²) in [4.78, 5) is 0. The predicted octanol–water partition coefficient (Wildman–Crippen LogP) is -0.173. The fourth-order valence-electron chi connectivity index (χ4n) is 0.873. The maximum atomic E-state index is 8.92. The molecule has 3 N–H and O–H groups in total. The third-order valence-corrected chi connectivity index (χ3v) is 3.33. The summed E-state index contributed by atoms with van der Waals surface area (Å²) in [5.74, 6) is 0. The summed E-state index contributed by atoms with van der Waals surface area (Å²) in [5.41, 5.74) is 5.65. The number of hydrogen-bond donors (Lipinski definition) is 2. The molecule has 0 amide bonds. The number of ether oxygens (including phenoxy) is 1. The van der Waals surface area contributed by atoms with E-state index in [1.54, 1.807) is 11.8 Å².